The third-order valence-electron chi connectivity index (χ3n) is 2.43. The van der Waals surface area contributed by atoms with Crippen molar-refractivity contribution in [2.24, 2.45) is 0 Å². The average molecular weight is 265 g/mol. The summed E-state index contributed by atoms with van der Waals surface area (Å²) in [5.74, 6) is 0.649. The van der Waals surface area contributed by atoms with Gasteiger partial charge in [-0.25, -0.2) is 4.98 Å². The number of halogens is 1. The van der Waals surface area contributed by atoms with E-state index in [0.29, 0.717) is 5.82 Å². The van der Waals surface area contributed by atoms with Gasteiger partial charge >= 0.3 is 0 Å². The maximum atomic E-state index is 5.91. The number of aryl methyl sites for hydroxylation is 1. The van der Waals surface area contributed by atoms with Crippen LogP contribution in [-0.2, 0) is 6.42 Å². The van der Waals surface area contributed by atoms with Crippen LogP contribution in [0.25, 0.3) is 10.9 Å². The number of pyridine rings is 1. The van der Waals surface area contributed by atoms with Crippen LogP contribution in [0.2, 0.25) is 0 Å². The molecule has 15 heavy (non-hydrogen) atoms. The molecule has 0 atom stereocenters. The fourth-order valence-electron chi connectivity index (χ4n) is 1.69. The number of rotatable bonds is 2. The van der Waals surface area contributed by atoms with E-state index in [1.165, 1.54) is 0 Å². The molecule has 1 aromatic heterocycles. The summed E-state index contributed by atoms with van der Waals surface area (Å²) in [5, 5.41) is 1.14. The number of anilines is 1. The minimum absolute atomic E-state index is 0.649. The Bertz CT molecular complexity index is 494. The summed E-state index contributed by atoms with van der Waals surface area (Å²) in [6.45, 7) is 2.14. The third-order valence-corrected chi connectivity index (χ3v) is 3.07. The molecule has 1 aromatic carbocycles. The van der Waals surface area contributed by atoms with E-state index in [9.17, 15) is 0 Å². The van der Waals surface area contributed by atoms with Gasteiger partial charge in [-0.2, -0.15) is 0 Å². The Balaban J connectivity index is 2.65. The normalized spacial score (nSPS) is 10.8. The third kappa shape index (κ3) is 1.97. The Kier molecular flexibility index (Phi) is 2.91. The molecule has 1 heterocycles. The van der Waals surface area contributed by atoms with Gasteiger partial charge in [0.05, 0.1) is 5.52 Å². The summed E-state index contributed by atoms with van der Waals surface area (Å²) in [7, 11) is 0. The molecular formula is C12H13BrN2. The zero-order valence-electron chi connectivity index (χ0n) is 8.63. The minimum atomic E-state index is 0.649. The number of aromatic nitrogens is 1. The molecule has 0 saturated heterocycles. The van der Waals surface area contributed by atoms with E-state index in [1.54, 1.807) is 0 Å². The maximum Gasteiger partial charge on any atom is 0.127 e. The van der Waals surface area contributed by atoms with Crippen LogP contribution >= 0.6 is 15.9 Å². The smallest absolute Gasteiger partial charge is 0.127 e. The summed E-state index contributed by atoms with van der Waals surface area (Å²) in [6, 6.07) is 8.19. The van der Waals surface area contributed by atoms with Crippen LogP contribution in [0.5, 0.6) is 0 Å². The molecule has 0 amide bonds. The summed E-state index contributed by atoms with van der Waals surface area (Å²) in [6.07, 6.45) is 2.08. The van der Waals surface area contributed by atoms with Crippen LogP contribution in [-0.4, -0.2) is 4.98 Å². The molecule has 0 aliphatic rings. The maximum absolute atomic E-state index is 5.91. The van der Waals surface area contributed by atoms with Crippen LogP contribution in [0.3, 0.4) is 0 Å². The van der Waals surface area contributed by atoms with Gasteiger partial charge in [-0.05, 0) is 40.0 Å². The second-order valence-electron chi connectivity index (χ2n) is 3.59. The van der Waals surface area contributed by atoms with Crippen molar-refractivity contribution in [2.75, 3.05) is 5.73 Å². The standard InChI is InChI=1S/C12H13BrN2/c1-2-4-9-7-8-5-3-6-10(13)11(8)15-12(9)14/h3,5-7H,2,4H2,1H3,(H2,14,15). The lowest BCUT2D eigenvalue weighted by molar-refractivity contribution is 0.921. The highest BCUT2D eigenvalue weighted by Crippen LogP contribution is 2.25. The molecule has 0 fully saturated rings. The molecule has 2 nitrogen and oxygen atoms in total. The average Bonchev–Trinajstić information content (AvgIpc) is 2.21. The summed E-state index contributed by atoms with van der Waals surface area (Å²) in [5.41, 5.74) is 7.99. The van der Waals surface area contributed by atoms with Gasteiger partial charge < -0.3 is 5.73 Å². The first-order valence-corrected chi connectivity index (χ1v) is 5.85. The molecule has 78 valence electrons. The van der Waals surface area contributed by atoms with Crippen molar-refractivity contribution in [1.29, 1.82) is 0 Å². The van der Waals surface area contributed by atoms with Crippen molar-refractivity contribution in [3.05, 3.63) is 34.3 Å². The highest BCUT2D eigenvalue weighted by molar-refractivity contribution is 9.10. The molecule has 0 aliphatic carbocycles. The number of nitrogen functional groups attached to an aromatic ring is 1. The van der Waals surface area contributed by atoms with Crippen LogP contribution in [0.15, 0.2) is 28.7 Å². The zero-order chi connectivity index (χ0) is 10.8. The lowest BCUT2D eigenvalue weighted by Gasteiger charge is -2.06. The van der Waals surface area contributed by atoms with Gasteiger partial charge in [0.2, 0.25) is 0 Å². The van der Waals surface area contributed by atoms with E-state index in [-0.39, 0.29) is 0 Å². The first-order chi connectivity index (χ1) is 7.22. The monoisotopic (exact) mass is 264 g/mol. The summed E-state index contributed by atoms with van der Waals surface area (Å²) >= 11 is 3.48. The van der Waals surface area contributed by atoms with Gasteiger partial charge in [-0.1, -0.05) is 25.5 Å². The number of nitrogens with two attached hydrogens (primary N) is 1. The number of benzene rings is 1. The highest BCUT2D eigenvalue weighted by Gasteiger charge is 2.05. The Labute approximate surface area is 97.6 Å². The molecule has 2 N–H and O–H groups in total. The van der Waals surface area contributed by atoms with E-state index >= 15 is 0 Å². The molecule has 0 bridgehead atoms. The fourth-order valence-corrected chi connectivity index (χ4v) is 2.16. The van der Waals surface area contributed by atoms with E-state index < -0.39 is 0 Å². The zero-order valence-corrected chi connectivity index (χ0v) is 10.2. The van der Waals surface area contributed by atoms with Gasteiger partial charge in [0.25, 0.3) is 0 Å². The molecule has 0 spiro atoms. The number of hydrogen-bond acceptors (Lipinski definition) is 2. The Morgan fingerprint density at radius 1 is 1.40 bits per heavy atom. The Hall–Kier alpha value is -1.09. The molecule has 2 rings (SSSR count). The molecule has 2 aromatic rings. The van der Waals surface area contributed by atoms with Crippen molar-refractivity contribution < 1.29 is 0 Å². The SMILES string of the molecule is CCCc1cc2cccc(Br)c2nc1N. The van der Waals surface area contributed by atoms with Gasteiger partial charge in [0.15, 0.2) is 0 Å². The number of fused-ring (bicyclic) bond motifs is 1. The lowest BCUT2D eigenvalue weighted by Crippen LogP contribution is -1.98. The predicted octanol–water partition coefficient (Wildman–Crippen LogP) is 3.53. The second-order valence-corrected chi connectivity index (χ2v) is 4.45. The van der Waals surface area contributed by atoms with Crippen LogP contribution in [0, 0.1) is 0 Å². The van der Waals surface area contributed by atoms with Crippen LogP contribution in [0.1, 0.15) is 18.9 Å². The van der Waals surface area contributed by atoms with Crippen molar-refractivity contribution in [3.63, 3.8) is 0 Å². The predicted molar refractivity (Wildman–Crippen MR) is 67.9 cm³/mol. The number of hydrogen-bond donors (Lipinski definition) is 1. The van der Waals surface area contributed by atoms with Gasteiger partial charge in [0, 0.05) is 9.86 Å². The largest absolute Gasteiger partial charge is 0.383 e. The summed E-state index contributed by atoms with van der Waals surface area (Å²) < 4.78 is 0.995. The van der Waals surface area contributed by atoms with Crippen molar-refractivity contribution in [1.82, 2.24) is 4.98 Å². The first kappa shape index (κ1) is 10.4. The fraction of sp³-hybridized carbons (Fsp3) is 0.250. The van der Waals surface area contributed by atoms with E-state index in [4.69, 9.17) is 5.73 Å². The second kappa shape index (κ2) is 4.19. The van der Waals surface area contributed by atoms with Gasteiger partial charge in [-0.3, -0.25) is 0 Å². The highest BCUT2D eigenvalue weighted by atomic mass is 79.9. The molecule has 3 heteroatoms. The van der Waals surface area contributed by atoms with E-state index in [1.807, 2.05) is 12.1 Å². The number of nitrogens with zero attached hydrogens (tertiary/aromatic N) is 1. The van der Waals surface area contributed by atoms with E-state index in [2.05, 4.69) is 40.0 Å². The molecule has 0 saturated carbocycles. The number of para-hydroxylation sites is 1. The van der Waals surface area contributed by atoms with Crippen LogP contribution < -0.4 is 5.73 Å². The Morgan fingerprint density at radius 2 is 2.20 bits per heavy atom. The topological polar surface area (TPSA) is 38.9 Å². The molecular weight excluding hydrogens is 252 g/mol. The van der Waals surface area contributed by atoms with E-state index in [0.717, 1.165) is 33.8 Å². The lowest BCUT2D eigenvalue weighted by atomic mass is 10.1. The van der Waals surface area contributed by atoms with Crippen LogP contribution in [0.4, 0.5) is 5.82 Å². The molecule has 0 radical (unpaired) electrons. The van der Waals surface area contributed by atoms with Gasteiger partial charge in [-0.15, -0.1) is 0 Å². The van der Waals surface area contributed by atoms with Gasteiger partial charge in [0.1, 0.15) is 5.82 Å². The van der Waals surface area contributed by atoms with Crippen molar-refractivity contribution in [3.8, 4) is 0 Å². The summed E-state index contributed by atoms with van der Waals surface area (Å²) in [4.78, 5) is 4.42. The minimum Gasteiger partial charge on any atom is -0.383 e. The van der Waals surface area contributed by atoms with Crippen molar-refractivity contribution >= 4 is 32.7 Å². The molecule has 0 unspecified atom stereocenters. The first-order valence-electron chi connectivity index (χ1n) is 5.06. The Morgan fingerprint density at radius 3 is 2.93 bits per heavy atom. The quantitative estimate of drug-likeness (QED) is 0.902. The molecule has 0 aliphatic heterocycles. The van der Waals surface area contributed by atoms with Crippen molar-refractivity contribution in [2.45, 2.75) is 19.8 Å².